The van der Waals surface area contributed by atoms with E-state index in [4.69, 9.17) is 33.0 Å². The van der Waals surface area contributed by atoms with Crippen molar-refractivity contribution in [1.82, 2.24) is 0 Å². The first kappa shape index (κ1) is 15.6. The molecular formula is C13H20Cl2NO2+. The zero-order valence-corrected chi connectivity index (χ0v) is 11.9. The van der Waals surface area contributed by atoms with Crippen LogP contribution in [-0.2, 0) is 0 Å². The molecule has 0 fully saturated rings. The number of hydrogen-bond acceptors (Lipinski definition) is 2. The summed E-state index contributed by atoms with van der Waals surface area (Å²) in [7, 11) is 0. The summed E-state index contributed by atoms with van der Waals surface area (Å²) in [6.07, 6.45) is 3.26. The first-order valence-corrected chi connectivity index (χ1v) is 7.00. The normalized spacial score (nSPS) is 10.6. The summed E-state index contributed by atoms with van der Waals surface area (Å²) in [6, 6.07) is 5.24. The van der Waals surface area contributed by atoms with E-state index in [0.717, 1.165) is 32.4 Å². The molecule has 0 unspecified atom stereocenters. The van der Waals surface area contributed by atoms with Crippen LogP contribution >= 0.6 is 23.2 Å². The number of halogens is 2. The van der Waals surface area contributed by atoms with Gasteiger partial charge in [0.05, 0.1) is 31.3 Å². The lowest BCUT2D eigenvalue weighted by molar-refractivity contribution is -0.656. The van der Waals surface area contributed by atoms with E-state index in [2.05, 4.69) is 5.32 Å². The molecule has 1 aromatic rings. The van der Waals surface area contributed by atoms with Crippen molar-refractivity contribution in [2.24, 2.45) is 0 Å². The van der Waals surface area contributed by atoms with E-state index in [9.17, 15) is 0 Å². The van der Waals surface area contributed by atoms with Gasteiger partial charge in [-0.15, -0.1) is 0 Å². The van der Waals surface area contributed by atoms with E-state index in [0.29, 0.717) is 22.4 Å². The van der Waals surface area contributed by atoms with Crippen molar-refractivity contribution in [2.45, 2.75) is 19.3 Å². The molecule has 102 valence electrons. The van der Waals surface area contributed by atoms with Crippen molar-refractivity contribution in [1.29, 1.82) is 0 Å². The van der Waals surface area contributed by atoms with Gasteiger partial charge < -0.3 is 15.2 Å². The van der Waals surface area contributed by atoms with Gasteiger partial charge in [-0.05, 0) is 37.5 Å². The average molecular weight is 293 g/mol. The van der Waals surface area contributed by atoms with Gasteiger partial charge in [-0.25, -0.2) is 0 Å². The quantitative estimate of drug-likeness (QED) is 0.685. The van der Waals surface area contributed by atoms with Crippen LogP contribution < -0.4 is 10.1 Å². The highest BCUT2D eigenvalue weighted by Gasteiger charge is 2.01. The number of rotatable bonds is 9. The molecule has 5 heteroatoms. The second kappa shape index (κ2) is 9.45. The Balaban J connectivity index is 2.07. The zero-order valence-electron chi connectivity index (χ0n) is 10.4. The van der Waals surface area contributed by atoms with E-state index in [1.54, 1.807) is 18.2 Å². The summed E-state index contributed by atoms with van der Waals surface area (Å²) >= 11 is 11.8. The van der Waals surface area contributed by atoms with Crippen molar-refractivity contribution in [2.75, 3.05) is 26.3 Å². The summed E-state index contributed by atoms with van der Waals surface area (Å²) in [5.41, 5.74) is 0. The Bertz CT molecular complexity index is 348. The summed E-state index contributed by atoms with van der Waals surface area (Å²) in [4.78, 5) is 0. The Morgan fingerprint density at radius 1 is 1.11 bits per heavy atom. The fraction of sp³-hybridized carbons (Fsp3) is 0.538. The standard InChI is InChI=1S/C13H19Cl2NO2/c14-11-4-5-13(12(15)10-11)18-9-3-1-2-6-16-7-8-17/h4-5,10,16-17H,1-3,6-9H2/p+1. The van der Waals surface area contributed by atoms with Crippen LogP contribution in [0.15, 0.2) is 18.2 Å². The molecule has 3 nitrogen and oxygen atoms in total. The number of aliphatic hydroxyl groups excluding tert-OH is 1. The molecule has 0 atom stereocenters. The van der Waals surface area contributed by atoms with Gasteiger partial charge in [-0.3, -0.25) is 0 Å². The summed E-state index contributed by atoms with van der Waals surface area (Å²) in [5.74, 6) is 0.688. The lowest BCUT2D eigenvalue weighted by atomic mass is 10.2. The third kappa shape index (κ3) is 6.45. The van der Waals surface area contributed by atoms with Crippen LogP contribution in [-0.4, -0.2) is 31.4 Å². The highest BCUT2D eigenvalue weighted by atomic mass is 35.5. The smallest absolute Gasteiger partial charge is 0.137 e. The monoisotopic (exact) mass is 292 g/mol. The molecule has 1 aromatic carbocycles. The number of unbranched alkanes of at least 4 members (excludes halogenated alkanes) is 2. The van der Waals surface area contributed by atoms with Gasteiger partial charge >= 0.3 is 0 Å². The van der Waals surface area contributed by atoms with E-state index in [1.807, 2.05) is 0 Å². The molecule has 0 saturated carbocycles. The maximum absolute atomic E-state index is 8.61. The molecule has 0 aliphatic rings. The maximum Gasteiger partial charge on any atom is 0.137 e. The number of aliphatic hydroxyl groups is 1. The van der Waals surface area contributed by atoms with Crippen LogP contribution in [0, 0.1) is 0 Å². The average Bonchev–Trinajstić information content (AvgIpc) is 2.35. The van der Waals surface area contributed by atoms with Gasteiger partial charge in [0.25, 0.3) is 0 Å². The Kier molecular flexibility index (Phi) is 8.18. The molecule has 0 radical (unpaired) electrons. The Labute approximate surface area is 118 Å². The van der Waals surface area contributed by atoms with Crippen LogP contribution in [0.5, 0.6) is 5.75 Å². The lowest BCUT2D eigenvalue weighted by Gasteiger charge is -2.07. The van der Waals surface area contributed by atoms with Crippen LogP contribution in [0.4, 0.5) is 0 Å². The van der Waals surface area contributed by atoms with Gasteiger partial charge in [0.2, 0.25) is 0 Å². The fourth-order valence-corrected chi connectivity index (χ4v) is 2.04. The molecule has 0 spiro atoms. The molecular weight excluding hydrogens is 273 g/mol. The summed E-state index contributed by atoms with van der Waals surface area (Å²) < 4.78 is 5.58. The van der Waals surface area contributed by atoms with Crippen LogP contribution in [0.3, 0.4) is 0 Å². The number of hydrogen-bond donors (Lipinski definition) is 2. The molecule has 0 aromatic heterocycles. The first-order valence-electron chi connectivity index (χ1n) is 6.24. The Hall–Kier alpha value is -0.480. The van der Waals surface area contributed by atoms with E-state index >= 15 is 0 Å². The van der Waals surface area contributed by atoms with Crippen LogP contribution in [0.1, 0.15) is 19.3 Å². The summed E-state index contributed by atoms with van der Waals surface area (Å²) in [6.45, 7) is 2.76. The number of benzene rings is 1. The van der Waals surface area contributed by atoms with Crippen molar-refractivity contribution in [3.63, 3.8) is 0 Å². The molecule has 0 aliphatic heterocycles. The van der Waals surface area contributed by atoms with Crippen molar-refractivity contribution in [3.05, 3.63) is 28.2 Å². The minimum absolute atomic E-state index is 0.248. The van der Waals surface area contributed by atoms with Crippen molar-refractivity contribution < 1.29 is 15.2 Å². The predicted molar refractivity (Wildman–Crippen MR) is 74.6 cm³/mol. The maximum atomic E-state index is 8.61. The molecule has 0 heterocycles. The highest BCUT2D eigenvalue weighted by Crippen LogP contribution is 2.27. The van der Waals surface area contributed by atoms with E-state index in [-0.39, 0.29) is 6.61 Å². The highest BCUT2D eigenvalue weighted by molar-refractivity contribution is 6.35. The number of ether oxygens (including phenoxy) is 1. The molecule has 0 saturated heterocycles. The number of nitrogens with two attached hydrogens (primary N) is 1. The molecule has 3 N–H and O–H groups in total. The van der Waals surface area contributed by atoms with Gasteiger partial charge in [0.15, 0.2) is 0 Å². The molecule has 0 amide bonds. The second-order valence-corrected chi connectivity index (χ2v) is 4.92. The zero-order chi connectivity index (χ0) is 13.2. The Morgan fingerprint density at radius 3 is 2.67 bits per heavy atom. The number of quaternary nitrogens is 1. The molecule has 1 rings (SSSR count). The van der Waals surface area contributed by atoms with Gasteiger partial charge in [-0.1, -0.05) is 23.2 Å². The fourth-order valence-electron chi connectivity index (χ4n) is 1.58. The van der Waals surface area contributed by atoms with Crippen LogP contribution in [0.2, 0.25) is 10.0 Å². The predicted octanol–water partition coefficient (Wildman–Crippen LogP) is 2.10. The largest absolute Gasteiger partial charge is 0.492 e. The van der Waals surface area contributed by atoms with Crippen molar-refractivity contribution >= 4 is 23.2 Å². The van der Waals surface area contributed by atoms with Gasteiger partial charge in [0.1, 0.15) is 5.75 Å². The van der Waals surface area contributed by atoms with Gasteiger partial charge in [0, 0.05) is 5.02 Å². The minimum atomic E-state index is 0.248. The Morgan fingerprint density at radius 2 is 1.94 bits per heavy atom. The minimum Gasteiger partial charge on any atom is -0.492 e. The molecule has 0 bridgehead atoms. The molecule has 0 aliphatic carbocycles. The lowest BCUT2D eigenvalue weighted by Crippen LogP contribution is -2.85. The van der Waals surface area contributed by atoms with Gasteiger partial charge in [-0.2, -0.15) is 0 Å². The topological polar surface area (TPSA) is 46.1 Å². The first-order chi connectivity index (χ1) is 8.74. The third-order valence-electron chi connectivity index (χ3n) is 2.54. The SMILES string of the molecule is OCC[NH2+]CCCCCOc1ccc(Cl)cc1Cl. The molecule has 18 heavy (non-hydrogen) atoms. The van der Waals surface area contributed by atoms with Crippen LogP contribution in [0.25, 0.3) is 0 Å². The van der Waals surface area contributed by atoms with E-state index < -0.39 is 0 Å². The second-order valence-electron chi connectivity index (χ2n) is 4.07. The third-order valence-corrected chi connectivity index (χ3v) is 3.07. The summed E-state index contributed by atoms with van der Waals surface area (Å²) in [5, 5.41) is 11.9. The van der Waals surface area contributed by atoms with Crippen molar-refractivity contribution in [3.8, 4) is 5.75 Å². The van der Waals surface area contributed by atoms with E-state index in [1.165, 1.54) is 0 Å².